The van der Waals surface area contributed by atoms with Gasteiger partial charge in [0.25, 0.3) is 40.5 Å². The van der Waals surface area contributed by atoms with E-state index in [0.29, 0.717) is 10.7 Å². The maximum Gasteiger partial charge on any atom is 0.358 e. The van der Waals surface area contributed by atoms with Crippen molar-refractivity contribution in [1.82, 2.24) is 9.78 Å². The standard InChI is InChI=1S/C37H26N8O17S4/c1-62-29-16-22(39-38-20-4-2-18-12-25(64(53,54)55)17-30(26(18)14-20)65(56,57)58)6-11-28(29)41-42-32-31(66(59,60)61)13-19-3-5-21(15-27(19)35(32)46)40-43-33-34(37(48)49)44-45(36(33)47)23-7-9-24(10-8-23)63(50,51)52/h2-17,46-47H,1H3,(H,48,49)(H,50,51,52)(H,53,54,55)(H,56,57,58)(H,59,60,61). The summed E-state index contributed by atoms with van der Waals surface area (Å²) < 4.78 is 140. The highest BCUT2D eigenvalue weighted by Gasteiger charge is 2.26. The van der Waals surface area contributed by atoms with Crippen LogP contribution < -0.4 is 4.74 Å². The van der Waals surface area contributed by atoms with Crippen LogP contribution in [0.1, 0.15) is 10.5 Å². The highest BCUT2D eigenvalue weighted by molar-refractivity contribution is 7.87. The quantitative estimate of drug-likeness (QED) is 0.0433. The number of carboxylic acids is 1. The van der Waals surface area contributed by atoms with Crippen molar-refractivity contribution in [3.63, 3.8) is 0 Å². The second-order valence-electron chi connectivity index (χ2n) is 13.4. The molecule has 1 heterocycles. The first kappa shape index (κ1) is 46.4. The van der Waals surface area contributed by atoms with Crippen LogP contribution in [0.5, 0.6) is 17.4 Å². The number of phenols is 1. The summed E-state index contributed by atoms with van der Waals surface area (Å²) in [7, 11) is -18.3. The minimum Gasteiger partial charge on any atom is -0.505 e. The highest BCUT2D eigenvalue weighted by Crippen LogP contribution is 2.44. The molecule has 0 saturated heterocycles. The summed E-state index contributed by atoms with van der Waals surface area (Å²) >= 11 is 0. The van der Waals surface area contributed by atoms with Gasteiger partial charge in [-0.2, -0.15) is 58.8 Å². The zero-order valence-electron chi connectivity index (χ0n) is 32.7. The predicted octanol–water partition coefficient (Wildman–Crippen LogP) is 7.53. The molecule has 0 atom stereocenters. The topological polar surface area (TPSA) is 396 Å². The van der Waals surface area contributed by atoms with Gasteiger partial charge in [-0.15, -0.1) is 15.3 Å². The number of carbonyl (C=O) groups is 1. The van der Waals surface area contributed by atoms with Gasteiger partial charge in [-0.1, -0.05) is 12.1 Å². The summed E-state index contributed by atoms with van der Waals surface area (Å²) in [5.74, 6) is -3.34. The van der Waals surface area contributed by atoms with Crippen molar-refractivity contribution >= 4 is 102 Å². The maximum atomic E-state index is 12.5. The van der Waals surface area contributed by atoms with Crippen LogP contribution in [0.3, 0.4) is 0 Å². The van der Waals surface area contributed by atoms with Gasteiger partial charge in [0, 0.05) is 16.8 Å². The SMILES string of the molecule is COc1cc(N=Nc2ccc3cc(S(=O)(=O)O)cc(S(=O)(=O)O)c3c2)ccc1N=Nc1c(S(=O)(=O)O)cc2ccc(N=Nc3c(C(=O)O)nn(-c4ccc(S(=O)(=O)O)cc4)c3O)cc2c1O. The van der Waals surface area contributed by atoms with Crippen molar-refractivity contribution < 1.29 is 76.7 Å². The van der Waals surface area contributed by atoms with Gasteiger partial charge < -0.3 is 20.1 Å². The number of hydrogen-bond acceptors (Lipinski definition) is 19. The van der Waals surface area contributed by atoms with E-state index in [0.717, 1.165) is 36.4 Å². The molecule has 0 radical (unpaired) electrons. The number of methoxy groups -OCH3 is 1. The molecule has 340 valence electrons. The van der Waals surface area contributed by atoms with Gasteiger partial charge in [0.1, 0.15) is 26.9 Å². The van der Waals surface area contributed by atoms with Crippen molar-refractivity contribution in [2.24, 2.45) is 30.7 Å². The number of aromatic carboxylic acids is 1. The molecular weight excluding hydrogens is 957 g/mol. The fourth-order valence-corrected chi connectivity index (χ4v) is 8.59. The van der Waals surface area contributed by atoms with Crippen molar-refractivity contribution in [2.45, 2.75) is 19.6 Å². The van der Waals surface area contributed by atoms with E-state index in [2.05, 4.69) is 35.8 Å². The lowest BCUT2D eigenvalue weighted by Crippen LogP contribution is -2.04. The number of benzene rings is 6. The molecule has 0 aliphatic rings. The number of aromatic nitrogens is 2. The maximum absolute atomic E-state index is 12.5. The van der Waals surface area contributed by atoms with Crippen molar-refractivity contribution in [3.8, 4) is 23.1 Å². The van der Waals surface area contributed by atoms with Gasteiger partial charge in [0.05, 0.1) is 39.7 Å². The van der Waals surface area contributed by atoms with Crippen LogP contribution in [0, 0.1) is 0 Å². The van der Waals surface area contributed by atoms with Gasteiger partial charge in [-0.25, -0.2) is 4.79 Å². The molecule has 0 aliphatic heterocycles. The molecule has 7 aromatic rings. The Kier molecular flexibility index (Phi) is 12.0. The molecule has 0 amide bonds. The fourth-order valence-electron chi connectivity index (χ4n) is 6.11. The first-order valence-electron chi connectivity index (χ1n) is 17.7. The fraction of sp³-hybridized carbons (Fsp3) is 0.0270. The zero-order chi connectivity index (χ0) is 48.1. The Morgan fingerprint density at radius 3 is 1.65 bits per heavy atom. The molecule has 29 heteroatoms. The van der Waals surface area contributed by atoms with Gasteiger partial charge in [0.15, 0.2) is 11.4 Å². The third kappa shape index (κ3) is 9.57. The van der Waals surface area contributed by atoms with Crippen molar-refractivity contribution in [1.29, 1.82) is 0 Å². The van der Waals surface area contributed by atoms with E-state index in [9.17, 15) is 72.0 Å². The molecule has 0 saturated carbocycles. The molecule has 0 aliphatic carbocycles. The summed E-state index contributed by atoms with van der Waals surface area (Å²) in [4.78, 5) is 9.04. The van der Waals surface area contributed by atoms with Gasteiger partial charge in [-0.3, -0.25) is 18.2 Å². The van der Waals surface area contributed by atoms with Crippen molar-refractivity contribution in [2.75, 3.05) is 7.11 Å². The largest absolute Gasteiger partial charge is 0.505 e. The van der Waals surface area contributed by atoms with E-state index in [1.54, 1.807) is 0 Å². The van der Waals surface area contributed by atoms with Crippen LogP contribution in [-0.4, -0.2) is 90.1 Å². The third-order valence-corrected chi connectivity index (χ3v) is 12.6. The van der Waals surface area contributed by atoms with E-state index >= 15 is 0 Å². The number of aromatic hydroxyl groups is 2. The number of carboxylic acid groups (broad SMARTS) is 1. The summed E-state index contributed by atoms with van der Waals surface area (Å²) in [5.41, 5.74) is -2.23. The lowest BCUT2D eigenvalue weighted by molar-refractivity contribution is 0.0690. The number of nitrogens with zero attached hydrogens (tertiary/aromatic N) is 8. The molecule has 6 aromatic carbocycles. The first-order valence-corrected chi connectivity index (χ1v) is 23.5. The van der Waals surface area contributed by atoms with E-state index in [1.165, 1.54) is 61.7 Å². The summed E-state index contributed by atoms with van der Waals surface area (Å²) in [6.07, 6.45) is 0. The minimum absolute atomic E-state index is 0.0143. The number of rotatable bonds is 13. The Hall–Kier alpha value is -7.64. The Bertz CT molecular complexity index is 3750. The van der Waals surface area contributed by atoms with Gasteiger partial charge >= 0.3 is 5.97 Å². The lowest BCUT2D eigenvalue weighted by atomic mass is 10.1. The molecule has 0 fully saturated rings. The smallest absolute Gasteiger partial charge is 0.358 e. The van der Waals surface area contributed by atoms with E-state index in [1.807, 2.05) is 0 Å². The second kappa shape index (κ2) is 17.1. The molecule has 0 spiro atoms. The van der Waals surface area contributed by atoms with Crippen LogP contribution in [0.25, 0.3) is 27.2 Å². The summed E-state index contributed by atoms with van der Waals surface area (Å²) in [5, 5.41) is 59.2. The molecular formula is C37H26N8O17S4. The average molecular weight is 983 g/mol. The average Bonchev–Trinajstić information content (AvgIpc) is 3.58. The predicted molar refractivity (Wildman–Crippen MR) is 227 cm³/mol. The molecule has 1 aromatic heterocycles. The third-order valence-electron chi connectivity index (χ3n) is 9.15. The molecule has 66 heavy (non-hydrogen) atoms. The Balaban J connectivity index is 1.20. The van der Waals surface area contributed by atoms with Crippen LogP contribution in [0.15, 0.2) is 147 Å². The minimum atomic E-state index is -5.08. The summed E-state index contributed by atoms with van der Waals surface area (Å²) in [6.45, 7) is 0. The Morgan fingerprint density at radius 1 is 0.561 bits per heavy atom. The number of azo groups is 3. The molecule has 25 nitrogen and oxygen atoms in total. The van der Waals surface area contributed by atoms with Crippen molar-refractivity contribution in [3.05, 3.63) is 103 Å². The van der Waals surface area contributed by atoms with E-state index < -0.39 is 94.7 Å². The molecule has 7 rings (SSSR count). The number of fused-ring (bicyclic) bond motifs is 2. The van der Waals surface area contributed by atoms with Gasteiger partial charge in [0.2, 0.25) is 11.6 Å². The first-order chi connectivity index (χ1) is 30.8. The Labute approximate surface area is 370 Å². The van der Waals surface area contributed by atoms with Gasteiger partial charge in [-0.05, 0) is 89.6 Å². The van der Waals surface area contributed by atoms with E-state index in [-0.39, 0.29) is 55.7 Å². The zero-order valence-corrected chi connectivity index (χ0v) is 35.9. The Morgan fingerprint density at radius 2 is 1.09 bits per heavy atom. The van der Waals surface area contributed by atoms with E-state index in [4.69, 9.17) is 4.74 Å². The van der Waals surface area contributed by atoms with Crippen LogP contribution >= 0.6 is 0 Å². The molecule has 7 N–H and O–H groups in total. The monoisotopic (exact) mass is 982 g/mol. The van der Waals surface area contributed by atoms with Crippen LogP contribution in [0.2, 0.25) is 0 Å². The highest BCUT2D eigenvalue weighted by atomic mass is 32.2. The molecule has 0 unspecified atom stereocenters. The van der Waals surface area contributed by atoms with Crippen LogP contribution in [-0.2, 0) is 40.5 Å². The molecule has 0 bridgehead atoms. The number of ether oxygens (including phenoxy) is 1. The second-order valence-corrected chi connectivity index (χ2v) is 19.0. The summed E-state index contributed by atoms with van der Waals surface area (Å²) in [6, 6.07) is 18.1. The number of phenolic OH excluding ortho intramolecular Hbond substituents is 1. The normalized spacial score (nSPS) is 12.9. The number of hydrogen-bond donors (Lipinski definition) is 7. The van der Waals surface area contributed by atoms with Crippen LogP contribution in [0.4, 0.5) is 34.1 Å². The lowest BCUT2D eigenvalue weighted by Gasteiger charge is -2.10.